The van der Waals surface area contributed by atoms with Crippen LogP contribution in [-0.2, 0) is 0 Å². The highest BCUT2D eigenvalue weighted by Gasteiger charge is 2.19. The van der Waals surface area contributed by atoms with Gasteiger partial charge in [-0.25, -0.2) is 0 Å². The number of nitrogens with zero attached hydrogens (tertiary/aromatic N) is 1. The molecule has 1 amide bonds. The number of rotatable bonds is 5. The molecule has 1 aromatic carbocycles. The van der Waals surface area contributed by atoms with Crippen LogP contribution in [0.4, 0.5) is 0 Å². The Morgan fingerprint density at radius 3 is 2.80 bits per heavy atom. The highest BCUT2D eigenvalue weighted by atomic mass is 16.3. The molecule has 0 aliphatic carbocycles. The number of carbonyl (C=O) groups excluding carboxylic acids is 1. The molecule has 2 rings (SSSR count). The lowest BCUT2D eigenvalue weighted by atomic mass is 9.90. The van der Waals surface area contributed by atoms with E-state index in [-0.39, 0.29) is 17.9 Å². The van der Waals surface area contributed by atoms with Crippen molar-refractivity contribution in [3.63, 3.8) is 0 Å². The van der Waals surface area contributed by atoms with Crippen molar-refractivity contribution in [1.82, 2.24) is 10.3 Å². The standard InChI is InChI=1S/C16H20N2O2/c1-16(2,8-10-19)11-18-15(20)14-13-6-4-3-5-12(13)7-9-17-14/h3-7,9,19H,8,10-11H2,1-2H3,(H,18,20). The van der Waals surface area contributed by atoms with Crippen LogP contribution in [-0.4, -0.2) is 29.1 Å². The molecule has 0 bridgehead atoms. The second kappa shape index (κ2) is 6.01. The van der Waals surface area contributed by atoms with Crippen LogP contribution in [0.3, 0.4) is 0 Å². The van der Waals surface area contributed by atoms with Gasteiger partial charge in [0.25, 0.3) is 5.91 Å². The van der Waals surface area contributed by atoms with Gasteiger partial charge in [0.2, 0.25) is 0 Å². The number of pyridine rings is 1. The van der Waals surface area contributed by atoms with Crippen LogP contribution in [0.15, 0.2) is 36.5 Å². The minimum atomic E-state index is -0.173. The van der Waals surface area contributed by atoms with Gasteiger partial charge in [-0.2, -0.15) is 0 Å². The van der Waals surface area contributed by atoms with E-state index in [1.165, 1.54) is 0 Å². The Kier molecular flexibility index (Phi) is 4.35. The smallest absolute Gasteiger partial charge is 0.270 e. The summed E-state index contributed by atoms with van der Waals surface area (Å²) in [6, 6.07) is 9.59. The molecule has 20 heavy (non-hydrogen) atoms. The highest BCUT2D eigenvalue weighted by Crippen LogP contribution is 2.19. The van der Waals surface area contributed by atoms with Crippen LogP contribution in [0, 0.1) is 5.41 Å². The third-order valence-corrected chi connectivity index (χ3v) is 3.40. The maximum absolute atomic E-state index is 12.3. The minimum Gasteiger partial charge on any atom is -0.396 e. The quantitative estimate of drug-likeness (QED) is 0.878. The number of hydrogen-bond acceptors (Lipinski definition) is 3. The van der Waals surface area contributed by atoms with Crippen LogP contribution in [0.1, 0.15) is 30.8 Å². The zero-order valence-electron chi connectivity index (χ0n) is 11.9. The summed E-state index contributed by atoms with van der Waals surface area (Å²) in [4.78, 5) is 16.5. The molecule has 0 saturated carbocycles. The third-order valence-electron chi connectivity index (χ3n) is 3.40. The average molecular weight is 272 g/mol. The molecule has 0 radical (unpaired) electrons. The number of benzene rings is 1. The van der Waals surface area contributed by atoms with Crippen molar-refractivity contribution in [3.05, 3.63) is 42.2 Å². The van der Waals surface area contributed by atoms with E-state index in [1.807, 2.05) is 44.2 Å². The minimum absolute atomic E-state index is 0.120. The van der Waals surface area contributed by atoms with Gasteiger partial charge in [0.15, 0.2) is 0 Å². The van der Waals surface area contributed by atoms with Crippen LogP contribution in [0.5, 0.6) is 0 Å². The van der Waals surface area contributed by atoms with Crippen LogP contribution >= 0.6 is 0 Å². The molecule has 0 fully saturated rings. The van der Waals surface area contributed by atoms with Crippen molar-refractivity contribution in [3.8, 4) is 0 Å². The molecule has 2 aromatic rings. The van der Waals surface area contributed by atoms with E-state index in [0.29, 0.717) is 18.7 Å². The van der Waals surface area contributed by atoms with E-state index < -0.39 is 0 Å². The molecule has 0 atom stereocenters. The maximum Gasteiger partial charge on any atom is 0.270 e. The van der Waals surface area contributed by atoms with Crippen molar-refractivity contribution in [2.45, 2.75) is 20.3 Å². The van der Waals surface area contributed by atoms with Gasteiger partial charge in [-0.05, 0) is 23.3 Å². The molecule has 0 aliphatic rings. The van der Waals surface area contributed by atoms with Gasteiger partial charge in [0.05, 0.1) is 0 Å². The number of hydrogen-bond donors (Lipinski definition) is 2. The molecule has 106 valence electrons. The Bertz CT molecular complexity index is 603. The summed E-state index contributed by atoms with van der Waals surface area (Å²) in [5.41, 5.74) is 0.317. The average Bonchev–Trinajstić information content (AvgIpc) is 2.44. The molecule has 0 aliphatic heterocycles. The van der Waals surface area contributed by atoms with Crippen molar-refractivity contribution >= 4 is 16.7 Å². The van der Waals surface area contributed by atoms with Gasteiger partial charge in [-0.1, -0.05) is 38.1 Å². The number of aliphatic hydroxyl groups is 1. The molecule has 1 heterocycles. The van der Waals surface area contributed by atoms with Gasteiger partial charge in [0, 0.05) is 24.7 Å². The van der Waals surface area contributed by atoms with E-state index in [2.05, 4.69) is 10.3 Å². The molecule has 1 aromatic heterocycles. The van der Waals surface area contributed by atoms with Gasteiger partial charge in [-0.3, -0.25) is 9.78 Å². The van der Waals surface area contributed by atoms with Crippen molar-refractivity contribution < 1.29 is 9.90 Å². The predicted molar refractivity (Wildman–Crippen MR) is 79.6 cm³/mol. The SMILES string of the molecule is CC(C)(CCO)CNC(=O)c1nccc2ccccc12. The van der Waals surface area contributed by atoms with Gasteiger partial charge in [0.1, 0.15) is 5.69 Å². The Morgan fingerprint density at radius 1 is 1.30 bits per heavy atom. The number of amides is 1. The van der Waals surface area contributed by atoms with E-state index in [1.54, 1.807) is 6.20 Å². The highest BCUT2D eigenvalue weighted by molar-refractivity contribution is 6.05. The zero-order valence-corrected chi connectivity index (χ0v) is 11.9. The number of carbonyl (C=O) groups is 1. The summed E-state index contributed by atoms with van der Waals surface area (Å²) in [7, 11) is 0. The summed E-state index contributed by atoms with van der Waals surface area (Å²) in [6.45, 7) is 4.66. The third kappa shape index (κ3) is 3.33. The molecule has 2 N–H and O–H groups in total. The lowest BCUT2D eigenvalue weighted by Crippen LogP contribution is -2.35. The lowest BCUT2D eigenvalue weighted by Gasteiger charge is -2.23. The van der Waals surface area contributed by atoms with E-state index in [9.17, 15) is 4.79 Å². The van der Waals surface area contributed by atoms with Crippen molar-refractivity contribution in [1.29, 1.82) is 0 Å². The summed E-state index contributed by atoms with van der Waals surface area (Å²) in [5, 5.41) is 13.8. The molecule has 4 heteroatoms. The number of aliphatic hydroxyl groups excluding tert-OH is 1. The monoisotopic (exact) mass is 272 g/mol. The second-order valence-electron chi connectivity index (χ2n) is 5.70. The van der Waals surface area contributed by atoms with Gasteiger partial charge >= 0.3 is 0 Å². The summed E-state index contributed by atoms with van der Waals surface area (Å²) in [6.07, 6.45) is 2.30. The molecular weight excluding hydrogens is 252 g/mol. The van der Waals surface area contributed by atoms with Crippen LogP contribution < -0.4 is 5.32 Å². The fourth-order valence-electron chi connectivity index (χ4n) is 2.09. The molecule has 0 saturated heterocycles. The van der Waals surface area contributed by atoms with Gasteiger partial charge in [-0.15, -0.1) is 0 Å². The number of nitrogens with one attached hydrogen (secondary N) is 1. The van der Waals surface area contributed by atoms with Crippen LogP contribution in [0.25, 0.3) is 10.8 Å². The molecule has 0 spiro atoms. The van der Waals surface area contributed by atoms with E-state index in [4.69, 9.17) is 5.11 Å². The van der Waals surface area contributed by atoms with Crippen molar-refractivity contribution in [2.24, 2.45) is 5.41 Å². The molecular formula is C16H20N2O2. The van der Waals surface area contributed by atoms with E-state index in [0.717, 1.165) is 10.8 Å². The normalized spacial score (nSPS) is 11.6. The Hall–Kier alpha value is -1.94. The Balaban J connectivity index is 2.16. The maximum atomic E-state index is 12.3. The second-order valence-corrected chi connectivity index (χ2v) is 5.70. The van der Waals surface area contributed by atoms with Gasteiger partial charge < -0.3 is 10.4 Å². The summed E-state index contributed by atoms with van der Waals surface area (Å²) < 4.78 is 0. The largest absolute Gasteiger partial charge is 0.396 e. The Morgan fingerprint density at radius 2 is 2.05 bits per heavy atom. The molecule has 4 nitrogen and oxygen atoms in total. The van der Waals surface area contributed by atoms with Crippen LogP contribution in [0.2, 0.25) is 0 Å². The first-order chi connectivity index (χ1) is 9.53. The fourth-order valence-corrected chi connectivity index (χ4v) is 2.09. The number of aromatic nitrogens is 1. The zero-order chi connectivity index (χ0) is 14.6. The predicted octanol–water partition coefficient (Wildman–Crippen LogP) is 2.37. The molecule has 0 unspecified atom stereocenters. The Labute approximate surface area is 118 Å². The van der Waals surface area contributed by atoms with Crippen molar-refractivity contribution in [2.75, 3.05) is 13.2 Å². The first-order valence-electron chi connectivity index (χ1n) is 6.76. The lowest BCUT2D eigenvalue weighted by molar-refractivity contribution is 0.0925. The van der Waals surface area contributed by atoms with E-state index >= 15 is 0 Å². The summed E-state index contributed by atoms with van der Waals surface area (Å²) >= 11 is 0. The first-order valence-corrected chi connectivity index (χ1v) is 6.76. The topological polar surface area (TPSA) is 62.2 Å². The number of fused-ring (bicyclic) bond motifs is 1. The fraction of sp³-hybridized carbons (Fsp3) is 0.375. The summed E-state index contributed by atoms with van der Waals surface area (Å²) in [5.74, 6) is -0.173. The first kappa shape index (κ1) is 14.5.